The van der Waals surface area contributed by atoms with Gasteiger partial charge in [0.15, 0.2) is 0 Å². The first-order chi connectivity index (χ1) is 16.7. The summed E-state index contributed by atoms with van der Waals surface area (Å²) < 4.78 is 13.8. The molecular formula is C29H34Cl3FN2. The van der Waals surface area contributed by atoms with Crippen LogP contribution in [0.3, 0.4) is 0 Å². The molecular weight excluding hydrogens is 502 g/mol. The third-order valence-electron chi connectivity index (χ3n) is 5.78. The maximum atomic E-state index is 13.8. The normalized spacial score (nSPS) is 12.9. The van der Waals surface area contributed by atoms with E-state index in [-0.39, 0.29) is 10.9 Å². The van der Waals surface area contributed by atoms with Crippen molar-refractivity contribution >= 4 is 51.4 Å². The van der Waals surface area contributed by atoms with Crippen molar-refractivity contribution < 1.29 is 4.39 Å². The van der Waals surface area contributed by atoms with Crippen LogP contribution in [0.5, 0.6) is 0 Å². The van der Waals surface area contributed by atoms with Crippen LogP contribution in [-0.4, -0.2) is 10.7 Å². The summed E-state index contributed by atoms with van der Waals surface area (Å²) in [4.78, 5) is 7.56. The number of nitrogens with one attached hydrogen (secondary N) is 1. The summed E-state index contributed by atoms with van der Waals surface area (Å²) in [5.41, 5.74) is 5.44. The Morgan fingerprint density at radius 3 is 2.43 bits per heavy atom. The Morgan fingerprint density at radius 2 is 1.83 bits per heavy atom. The summed E-state index contributed by atoms with van der Waals surface area (Å²) in [6.45, 7) is 12.0. The lowest BCUT2D eigenvalue weighted by Crippen LogP contribution is -2.00. The molecule has 0 fully saturated rings. The molecule has 35 heavy (non-hydrogen) atoms. The molecule has 1 N–H and O–H groups in total. The van der Waals surface area contributed by atoms with Gasteiger partial charge in [-0.3, -0.25) is 4.99 Å². The maximum Gasteiger partial charge on any atom is 0.143 e. The topological polar surface area (TPSA) is 28.1 Å². The van der Waals surface area contributed by atoms with Crippen molar-refractivity contribution in [2.75, 3.05) is 0 Å². The zero-order chi connectivity index (χ0) is 26.0. The summed E-state index contributed by atoms with van der Waals surface area (Å²) in [6, 6.07) is 11.1. The van der Waals surface area contributed by atoms with Gasteiger partial charge in [-0.15, -0.1) is 0 Å². The Kier molecular flexibility index (Phi) is 12.1. The first-order valence-electron chi connectivity index (χ1n) is 12.0. The zero-order valence-electron chi connectivity index (χ0n) is 20.9. The molecule has 0 amide bonds. The van der Waals surface area contributed by atoms with Crippen molar-refractivity contribution in [2.45, 2.75) is 65.7 Å². The highest BCUT2D eigenvalue weighted by atomic mass is 35.5. The van der Waals surface area contributed by atoms with Gasteiger partial charge in [-0.05, 0) is 67.7 Å². The summed E-state index contributed by atoms with van der Waals surface area (Å²) in [5.74, 6) is -0.221. The average Bonchev–Trinajstić information content (AvgIpc) is 3.19. The molecule has 0 aliphatic carbocycles. The Morgan fingerprint density at radius 1 is 1.14 bits per heavy atom. The first-order valence-corrected chi connectivity index (χ1v) is 13.1. The molecule has 1 unspecified atom stereocenters. The number of fused-ring (bicyclic) bond motifs is 1. The van der Waals surface area contributed by atoms with Crippen LogP contribution in [0.15, 0.2) is 65.3 Å². The molecule has 0 saturated carbocycles. The van der Waals surface area contributed by atoms with Gasteiger partial charge in [0, 0.05) is 39.4 Å². The lowest BCUT2D eigenvalue weighted by molar-refractivity contribution is 0.630. The Labute approximate surface area is 223 Å². The predicted molar refractivity (Wildman–Crippen MR) is 153 cm³/mol. The summed E-state index contributed by atoms with van der Waals surface area (Å²) >= 11 is 17.7. The van der Waals surface area contributed by atoms with E-state index in [0.29, 0.717) is 5.03 Å². The Bertz CT molecular complexity index is 1180. The number of aromatic amines is 1. The molecule has 0 aliphatic rings. The molecule has 1 atom stereocenters. The van der Waals surface area contributed by atoms with Crippen LogP contribution in [0.4, 0.5) is 4.39 Å². The number of benzene rings is 2. The van der Waals surface area contributed by atoms with Crippen LogP contribution < -0.4 is 0 Å². The van der Waals surface area contributed by atoms with Crippen molar-refractivity contribution in [2.24, 2.45) is 4.99 Å². The van der Waals surface area contributed by atoms with Gasteiger partial charge >= 0.3 is 0 Å². The molecule has 0 spiro atoms. The molecule has 6 heteroatoms. The fraction of sp³-hybridized carbons (Fsp3) is 0.345. The van der Waals surface area contributed by atoms with E-state index in [1.807, 2.05) is 31.2 Å². The molecule has 1 aromatic heterocycles. The van der Waals surface area contributed by atoms with Crippen LogP contribution in [0.1, 0.15) is 76.1 Å². The van der Waals surface area contributed by atoms with Crippen LogP contribution in [-0.2, 0) is 6.42 Å². The maximum absolute atomic E-state index is 13.8. The second-order valence-corrected chi connectivity index (χ2v) is 9.82. The fourth-order valence-electron chi connectivity index (χ4n) is 3.83. The number of allylic oxidation sites excluding steroid dienone is 2. The van der Waals surface area contributed by atoms with Gasteiger partial charge in [-0.25, -0.2) is 4.39 Å². The number of aryl methyl sites for hydroxylation is 1. The number of hydrogen-bond acceptors (Lipinski definition) is 1. The molecule has 1 heterocycles. The van der Waals surface area contributed by atoms with E-state index < -0.39 is 5.82 Å². The highest BCUT2D eigenvalue weighted by Gasteiger charge is 2.19. The van der Waals surface area contributed by atoms with Crippen LogP contribution in [0.25, 0.3) is 10.9 Å². The molecule has 0 aliphatic heterocycles. The second-order valence-electron chi connectivity index (χ2n) is 8.54. The molecule has 3 rings (SSSR count). The third kappa shape index (κ3) is 8.52. The largest absolute Gasteiger partial charge is 0.358 e. The quantitative estimate of drug-likeness (QED) is 0.208. The van der Waals surface area contributed by atoms with Gasteiger partial charge in [-0.2, -0.15) is 0 Å². The van der Waals surface area contributed by atoms with E-state index in [0.717, 1.165) is 59.4 Å². The van der Waals surface area contributed by atoms with Gasteiger partial charge in [-0.1, -0.05) is 87.1 Å². The predicted octanol–water partition coefficient (Wildman–Crippen LogP) is 10.6. The number of halogens is 4. The molecule has 0 saturated heterocycles. The zero-order valence-corrected chi connectivity index (χ0v) is 23.2. The highest BCUT2D eigenvalue weighted by molar-refractivity contribution is 6.31. The second kappa shape index (κ2) is 14.5. The summed E-state index contributed by atoms with van der Waals surface area (Å²) in [6.07, 6.45) is 8.49. The Balaban J connectivity index is 0.000000334. The third-order valence-corrected chi connectivity index (χ3v) is 6.57. The lowest BCUT2D eigenvalue weighted by Gasteiger charge is -2.14. The van der Waals surface area contributed by atoms with Gasteiger partial charge in [0.1, 0.15) is 5.82 Å². The van der Waals surface area contributed by atoms with Crippen LogP contribution in [0.2, 0.25) is 10.0 Å². The van der Waals surface area contributed by atoms with E-state index in [1.165, 1.54) is 17.2 Å². The number of nitrogens with zero attached hydrogens (tertiary/aromatic N) is 1. The Hall–Kier alpha value is -2.07. The number of H-pyrrole nitrogens is 1. The smallest absolute Gasteiger partial charge is 0.143 e. The van der Waals surface area contributed by atoms with E-state index in [4.69, 9.17) is 34.8 Å². The van der Waals surface area contributed by atoms with Gasteiger partial charge in [0.2, 0.25) is 0 Å². The fourth-order valence-corrected chi connectivity index (χ4v) is 4.17. The minimum atomic E-state index is -0.391. The average molecular weight is 536 g/mol. The van der Waals surface area contributed by atoms with E-state index in [9.17, 15) is 4.39 Å². The van der Waals surface area contributed by atoms with Crippen molar-refractivity contribution in [3.05, 3.63) is 93.0 Å². The first kappa shape index (κ1) is 29.2. The monoisotopic (exact) mass is 534 g/mol. The van der Waals surface area contributed by atoms with E-state index in [1.54, 1.807) is 18.3 Å². The van der Waals surface area contributed by atoms with E-state index >= 15 is 0 Å². The lowest BCUT2D eigenvalue weighted by atomic mass is 9.92. The molecule has 0 bridgehead atoms. The number of unbranched alkanes of at least 4 members (excludes halogenated alkanes) is 1. The molecule has 2 nitrogen and oxygen atoms in total. The SMILES string of the molecule is C=C/C(Cl)=C\N=C(C)CCC.CCCCc1c(C(C)c2ccc(Cl)cc2)[nH]c2cc(F)c(Cl)cc12. The van der Waals surface area contributed by atoms with Crippen molar-refractivity contribution in [1.29, 1.82) is 0 Å². The van der Waals surface area contributed by atoms with Crippen molar-refractivity contribution in [1.82, 2.24) is 4.98 Å². The number of aliphatic imine (C=N–C) groups is 1. The van der Waals surface area contributed by atoms with Gasteiger partial charge in [0.25, 0.3) is 0 Å². The summed E-state index contributed by atoms with van der Waals surface area (Å²) in [7, 11) is 0. The van der Waals surface area contributed by atoms with E-state index in [2.05, 4.69) is 37.3 Å². The number of rotatable bonds is 9. The number of aromatic nitrogens is 1. The minimum Gasteiger partial charge on any atom is -0.358 e. The molecule has 188 valence electrons. The molecule has 2 aromatic carbocycles. The van der Waals surface area contributed by atoms with Gasteiger partial charge < -0.3 is 4.98 Å². The highest BCUT2D eigenvalue weighted by Crippen LogP contribution is 2.35. The number of hydrogen-bond donors (Lipinski definition) is 1. The van der Waals surface area contributed by atoms with Crippen molar-refractivity contribution in [3.63, 3.8) is 0 Å². The summed E-state index contributed by atoms with van der Waals surface area (Å²) in [5, 5.41) is 2.50. The standard InChI is InChI=1S/C20H20Cl2FN.C9H14ClN/c1-3-4-5-15-16-10-17(22)18(23)11-19(16)24-20(15)12(2)13-6-8-14(21)9-7-13;1-4-6-8(3)11-7-9(10)5-2/h6-12,24H,3-5H2,1-2H3;5,7H,2,4,6H2,1,3H3/b;9-7+,11-8?. The molecule has 0 radical (unpaired) electrons. The van der Waals surface area contributed by atoms with Crippen LogP contribution in [0, 0.1) is 5.82 Å². The minimum absolute atomic E-state index is 0.170. The van der Waals surface area contributed by atoms with Crippen LogP contribution >= 0.6 is 34.8 Å². The van der Waals surface area contributed by atoms with Gasteiger partial charge in [0.05, 0.1) is 10.1 Å². The molecule has 3 aromatic rings. The van der Waals surface area contributed by atoms with Crippen molar-refractivity contribution in [3.8, 4) is 0 Å².